The first-order valence-electron chi connectivity index (χ1n) is 5.43. The van der Waals surface area contributed by atoms with Gasteiger partial charge in [-0.3, -0.25) is 4.79 Å². The van der Waals surface area contributed by atoms with Gasteiger partial charge in [0.15, 0.2) is 0 Å². The molecule has 5 nitrogen and oxygen atoms in total. The third-order valence-electron chi connectivity index (χ3n) is 2.38. The van der Waals surface area contributed by atoms with Crippen LogP contribution in [0.5, 0.6) is 0 Å². The van der Waals surface area contributed by atoms with Gasteiger partial charge >= 0.3 is 5.97 Å². The second-order valence-corrected chi connectivity index (χ2v) is 5.26. The van der Waals surface area contributed by atoms with E-state index in [9.17, 15) is 9.59 Å². The zero-order valence-corrected chi connectivity index (χ0v) is 12.0. The Morgan fingerprint density at radius 3 is 2.39 bits per heavy atom. The summed E-state index contributed by atoms with van der Waals surface area (Å²) in [5.74, 6) is -1.53. The molecule has 1 aromatic carbocycles. The molecule has 1 aromatic rings. The average Bonchev–Trinajstić information content (AvgIpc) is 2.30. The minimum Gasteiger partial charge on any atom is -0.480 e. The highest BCUT2D eigenvalue weighted by Crippen LogP contribution is 2.09. The number of hydrogen-bond acceptors (Lipinski definition) is 3. The topological polar surface area (TPSA) is 92.4 Å². The van der Waals surface area contributed by atoms with E-state index >= 15 is 0 Å². The summed E-state index contributed by atoms with van der Waals surface area (Å²) in [6.45, 7) is 1.51. The summed E-state index contributed by atoms with van der Waals surface area (Å²) in [7, 11) is 0. The zero-order valence-electron chi connectivity index (χ0n) is 9.89. The number of carbonyl (C=O) groups excluding carboxylic acids is 1. The van der Waals surface area contributed by atoms with Crippen LogP contribution in [0.25, 0.3) is 0 Å². The third kappa shape index (κ3) is 4.61. The maximum absolute atomic E-state index is 11.4. The van der Waals surface area contributed by atoms with Crippen molar-refractivity contribution in [3.63, 3.8) is 0 Å². The van der Waals surface area contributed by atoms with Crippen LogP contribution >= 0.6 is 22.6 Å². The summed E-state index contributed by atoms with van der Waals surface area (Å²) in [5, 5.41) is 11.5. The first kappa shape index (κ1) is 14.9. The zero-order chi connectivity index (χ0) is 13.7. The molecule has 0 unspecified atom stereocenters. The molecule has 1 rings (SSSR count). The lowest BCUT2D eigenvalue weighted by molar-refractivity contribution is -0.141. The number of amides is 1. The van der Waals surface area contributed by atoms with Crippen molar-refractivity contribution in [3.05, 3.63) is 33.4 Å². The van der Waals surface area contributed by atoms with Gasteiger partial charge in [0.2, 0.25) is 5.91 Å². The Hall–Kier alpha value is -1.15. The molecular formula is C12H15IN2O3. The Balaban J connectivity index is 2.72. The lowest BCUT2D eigenvalue weighted by Gasteiger charge is -2.16. The van der Waals surface area contributed by atoms with Crippen molar-refractivity contribution >= 4 is 34.5 Å². The van der Waals surface area contributed by atoms with Crippen molar-refractivity contribution in [2.45, 2.75) is 25.4 Å². The normalized spacial score (nSPS) is 13.7. The lowest BCUT2D eigenvalue weighted by Crippen LogP contribution is -2.48. The Morgan fingerprint density at radius 2 is 1.94 bits per heavy atom. The average molecular weight is 362 g/mol. The van der Waals surface area contributed by atoms with Gasteiger partial charge in [0.1, 0.15) is 6.04 Å². The predicted octanol–water partition coefficient (Wildman–Crippen LogP) is 0.750. The highest BCUT2D eigenvalue weighted by Gasteiger charge is 2.21. The molecule has 0 bridgehead atoms. The molecule has 0 aliphatic heterocycles. The van der Waals surface area contributed by atoms with Crippen LogP contribution in [0.15, 0.2) is 24.3 Å². The van der Waals surface area contributed by atoms with Crippen LogP contribution in [0.3, 0.4) is 0 Å². The minimum absolute atomic E-state index is 0.241. The molecule has 18 heavy (non-hydrogen) atoms. The first-order valence-corrected chi connectivity index (χ1v) is 6.51. The number of nitrogens with two attached hydrogens (primary N) is 1. The van der Waals surface area contributed by atoms with E-state index in [-0.39, 0.29) is 6.42 Å². The molecule has 0 aliphatic rings. The number of carbonyl (C=O) groups is 2. The smallest absolute Gasteiger partial charge is 0.326 e. The van der Waals surface area contributed by atoms with Crippen molar-refractivity contribution in [1.29, 1.82) is 0 Å². The van der Waals surface area contributed by atoms with Gasteiger partial charge in [-0.2, -0.15) is 0 Å². The second kappa shape index (κ2) is 6.69. The molecule has 0 heterocycles. The van der Waals surface area contributed by atoms with Crippen LogP contribution in [0.2, 0.25) is 0 Å². The van der Waals surface area contributed by atoms with Crippen molar-refractivity contribution < 1.29 is 14.7 Å². The molecule has 0 saturated heterocycles. The van der Waals surface area contributed by atoms with Gasteiger partial charge < -0.3 is 16.2 Å². The maximum Gasteiger partial charge on any atom is 0.326 e. The second-order valence-electron chi connectivity index (χ2n) is 4.02. The molecule has 0 spiro atoms. The summed E-state index contributed by atoms with van der Waals surface area (Å²) in [4.78, 5) is 22.5. The van der Waals surface area contributed by atoms with Gasteiger partial charge in [-0.05, 0) is 47.2 Å². The highest BCUT2D eigenvalue weighted by molar-refractivity contribution is 14.1. The van der Waals surface area contributed by atoms with Crippen LogP contribution in [-0.2, 0) is 16.0 Å². The Bertz CT molecular complexity index is 431. The first-order chi connectivity index (χ1) is 8.40. The summed E-state index contributed by atoms with van der Waals surface area (Å²) in [6.07, 6.45) is 0.241. The van der Waals surface area contributed by atoms with E-state index in [1.807, 2.05) is 24.3 Å². The number of benzene rings is 1. The molecule has 1 amide bonds. The van der Waals surface area contributed by atoms with Crippen LogP contribution < -0.4 is 11.1 Å². The van der Waals surface area contributed by atoms with Gasteiger partial charge in [0, 0.05) is 9.99 Å². The van der Waals surface area contributed by atoms with Crippen molar-refractivity contribution in [2.75, 3.05) is 0 Å². The van der Waals surface area contributed by atoms with E-state index in [4.69, 9.17) is 10.8 Å². The number of aliphatic carboxylic acids is 1. The monoisotopic (exact) mass is 362 g/mol. The van der Waals surface area contributed by atoms with Gasteiger partial charge in [0.05, 0.1) is 6.04 Å². The van der Waals surface area contributed by atoms with E-state index < -0.39 is 24.0 Å². The molecule has 0 saturated carbocycles. The Labute approximate surface area is 119 Å². The molecule has 2 atom stereocenters. The highest BCUT2D eigenvalue weighted by atomic mass is 127. The maximum atomic E-state index is 11.4. The summed E-state index contributed by atoms with van der Waals surface area (Å²) in [6, 6.07) is 5.79. The fraction of sp³-hybridized carbons (Fsp3) is 0.333. The van der Waals surface area contributed by atoms with Gasteiger partial charge in [0.25, 0.3) is 0 Å². The minimum atomic E-state index is -1.07. The van der Waals surface area contributed by atoms with E-state index in [1.165, 1.54) is 6.92 Å². The third-order valence-corrected chi connectivity index (χ3v) is 3.10. The van der Waals surface area contributed by atoms with E-state index in [2.05, 4.69) is 27.9 Å². The SMILES string of the molecule is C[C@@H](N)C(=O)N[C@@H](Cc1ccc(I)cc1)C(=O)O. The van der Waals surface area contributed by atoms with E-state index in [0.717, 1.165) is 9.13 Å². The molecule has 0 aliphatic carbocycles. The molecule has 0 fully saturated rings. The van der Waals surface area contributed by atoms with Crippen molar-refractivity contribution in [2.24, 2.45) is 5.73 Å². The largest absolute Gasteiger partial charge is 0.480 e. The Morgan fingerprint density at radius 1 is 1.39 bits per heavy atom. The summed E-state index contributed by atoms with van der Waals surface area (Å²) in [5.41, 5.74) is 6.25. The number of carboxylic acids is 1. The van der Waals surface area contributed by atoms with Crippen LogP contribution in [-0.4, -0.2) is 29.1 Å². The molecule has 0 aromatic heterocycles. The number of hydrogen-bond donors (Lipinski definition) is 3. The summed E-state index contributed by atoms with van der Waals surface area (Å²) < 4.78 is 1.07. The van der Waals surface area contributed by atoms with Gasteiger partial charge in [-0.1, -0.05) is 12.1 Å². The number of nitrogens with one attached hydrogen (secondary N) is 1. The van der Waals surface area contributed by atoms with Crippen LogP contribution in [0.1, 0.15) is 12.5 Å². The predicted molar refractivity (Wildman–Crippen MR) is 76.1 cm³/mol. The number of halogens is 1. The van der Waals surface area contributed by atoms with Gasteiger partial charge in [-0.25, -0.2) is 4.79 Å². The molecule has 4 N–H and O–H groups in total. The molecule has 6 heteroatoms. The quantitative estimate of drug-likeness (QED) is 0.674. The summed E-state index contributed by atoms with van der Waals surface area (Å²) >= 11 is 2.17. The fourth-order valence-corrected chi connectivity index (χ4v) is 1.72. The molecular weight excluding hydrogens is 347 g/mol. The molecule has 98 valence electrons. The Kier molecular flexibility index (Phi) is 5.54. The van der Waals surface area contributed by atoms with Crippen LogP contribution in [0.4, 0.5) is 0 Å². The number of carboxylic acid groups (broad SMARTS) is 1. The van der Waals surface area contributed by atoms with Gasteiger partial charge in [-0.15, -0.1) is 0 Å². The lowest BCUT2D eigenvalue weighted by atomic mass is 10.1. The standard InChI is InChI=1S/C12H15IN2O3/c1-7(14)11(16)15-10(12(17)18)6-8-2-4-9(13)5-3-8/h2-5,7,10H,6,14H2,1H3,(H,15,16)(H,17,18)/t7-,10+/m1/s1. The van der Waals surface area contributed by atoms with Crippen LogP contribution in [0, 0.1) is 3.57 Å². The van der Waals surface area contributed by atoms with Crippen molar-refractivity contribution in [3.8, 4) is 0 Å². The van der Waals surface area contributed by atoms with E-state index in [0.29, 0.717) is 0 Å². The number of rotatable bonds is 5. The molecule has 0 radical (unpaired) electrons. The van der Waals surface area contributed by atoms with Crippen molar-refractivity contribution in [1.82, 2.24) is 5.32 Å². The fourth-order valence-electron chi connectivity index (χ4n) is 1.36. The van der Waals surface area contributed by atoms with E-state index in [1.54, 1.807) is 0 Å².